The van der Waals surface area contributed by atoms with E-state index in [4.69, 9.17) is 0 Å². The molecular weight excluding hydrogens is 372 g/mol. The van der Waals surface area contributed by atoms with E-state index in [0.29, 0.717) is 23.7 Å². The van der Waals surface area contributed by atoms with Crippen LogP contribution in [0.25, 0.3) is 11.4 Å². The number of hydrogen-bond acceptors (Lipinski definition) is 5. The Morgan fingerprint density at radius 3 is 2.54 bits per heavy atom. The Kier molecular flexibility index (Phi) is 7.26. The Labute approximate surface area is 168 Å². The van der Waals surface area contributed by atoms with E-state index in [1.54, 1.807) is 18.3 Å². The predicted octanol–water partition coefficient (Wildman–Crippen LogP) is 4.13. The molecule has 0 fully saturated rings. The maximum Gasteiger partial charge on any atom is 0.251 e. The first-order valence-electron chi connectivity index (χ1n) is 9.22. The van der Waals surface area contributed by atoms with E-state index < -0.39 is 0 Å². The number of nitrogens with zero attached hydrogens (tertiary/aromatic N) is 2. The minimum atomic E-state index is -0.0641. The van der Waals surface area contributed by atoms with Crippen LogP contribution in [0.4, 0.5) is 5.13 Å². The highest BCUT2D eigenvalue weighted by molar-refractivity contribution is 7.14. The molecule has 0 saturated carbocycles. The summed E-state index contributed by atoms with van der Waals surface area (Å²) in [7, 11) is 0. The fourth-order valence-electron chi connectivity index (χ4n) is 2.63. The van der Waals surface area contributed by atoms with Crippen molar-refractivity contribution in [2.24, 2.45) is 0 Å². The van der Waals surface area contributed by atoms with Crippen LogP contribution in [-0.2, 0) is 4.79 Å². The third-order valence-electron chi connectivity index (χ3n) is 4.08. The molecule has 3 aromatic rings. The first kappa shape index (κ1) is 19.7. The fourth-order valence-corrected chi connectivity index (χ4v) is 3.35. The summed E-state index contributed by atoms with van der Waals surface area (Å²) < 4.78 is 0. The summed E-state index contributed by atoms with van der Waals surface area (Å²) in [4.78, 5) is 32.6. The SMILES string of the molecule is O=C(CCCCCNC(=O)c1ccccc1)Nc1nc(-c2ccccn2)cs1. The van der Waals surface area contributed by atoms with Gasteiger partial charge in [-0.3, -0.25) is 14.6 Å². The van der Waals surface area contributed by atoms with Gasteiger partial charge < -0.3 is 10.6 Å². The highest BCUT2D eigenvalue weighted by Crippen LogP contribution is 2.23. The normalized spacial score (nSPS) is 10.4. The van der Waals surface area contributed by atoms with Crippen molar-refractivity contribution in [2.75, 3.05) is 11.9 Å². The van der Waals surface area contributed by atoms with E-state index in [-0.39, 0.29) is 11.8 Å². The zero-order chi connectivity index (χ0) is 19.6. The molecule has 2 N–H and O–H groups in total. The van der Waals surface area contributed by atoms with Crippen LogP contribution in [0.5, 0.6) is 0 Å². The van der Waals surface area contributed by atoms with Crippen molar-refractivity contribution >= 4 is 28.3 Å². The summed E-state index contributed by atoms with van der Waals surface area (Å²) in [5.41, 5.74) is 2.21. The number of nitrogens with one attached hydrogen (secondary N) is 2. The molecule has 0 atom stereocenters. The molecule has 0 aliphatic heterocycles. The summed E-state index contributed by atoms with van der Waals surface area (Å²) in [6.07, 6.45) is 4.64. The van der Waals surface area contributed by atoms with Crippen LogP contribution in [0.2, 0.25) is 0 Å². The number of hydrogen-bond donors (Lipinski definition) is 2. The summed E-state index contributed by atoms with van der Waals surface area (Å²) >= 11 is 1.39. The lowest BCUT2D eigenvalue weighted by Gasteiger charge is -2.05. The number of pyridine rings is 1. The molecule has 28 heavy (non-hydrogen) atoms. The van der Waals surface area contributed by atoms with Crippen molar-refractivity contribution in [1.82, 2.24) is 15.3 Å². The minimum absolute atomic E-state index is 0.0461. The van der Waals surface area contributed by atoms with Gasteiger partial charge in [0.05, 0.1) is 5.69 Å². The van der Waals surface area contributed by atoms with Gasteiger partial charge in [-0.1, -0.05) is 30.7 Å². The third kappa shape index (κ3) is 5.99. The van der Waals surface area contributed by atoms with Gasteiger partial charge in [-0.2, -0.15) is 0 Å². The number of benzene rings is 1. The second kappa shape index (κ2) is 10.3. The third-order valence-corrected chi connectivity index (χ3v) is 4.84. The lowest BCUT2D eigenvalue weighted by molar-refractivity contribution is -0.116. The van der Waals surface area contributed by atoms with Crippen molar-refractivity contribution in [2.45, 2.75) is 25.7 Å². The molecule has 6 nitrogen and oxygen atoms in total. The number of carbonyl (C=O) groups is 2. The van der Waals surface area contributed by atoms with Crippen LogP contribution in [-0.4, -0.2) is 28.3 Å². The average Bonchev–Trinajstić information content (AvgIpc) is 3.20. The summed E-state index contributed by atoms with van der Waals surface area (Å²) in [5.74, 6) is -0.110. The molecule has 2 amide bonds. The number of unbranched alkanes of at least 4 members (excludes halogenated alkanes) is 2. The van der Waals surface area contributed by atoms with Gasteiger partial charge in [0, 0.05) is 30.1 Å². The molecule has 7 heteroatoms. The number of amides is 2. The molecule has 2 heterocycles. The standard InChI is InChI=1S/C21H22N4O2S/c26-19(25-21-24-18(15-28-21)17-11-6-8-13-22-17)12-5-2-7-14-23-20(27)16-9-3-1-4-10-16/h1,3-4,6,8-11,13,15H,2,5,7,12,14H2,(H,23,27)(H,24,25,26). The summed E-state index contributed by atoms with van der Waals surface area (Å²) in [6, 6.07) is 14.8. The highest BCUT2D eigenvalue weighted by Gasteiger charge is 2.09. The zero-order valence-electron chi connectivity index (χ0n) is 15.4. The Morgan fingerprint density at radius 1 is 0.929 bits per heavy atom. The number of anilines is 1. The molecular formula is C21H22N4O2S. The molecule has 144 valence electrons. The van der Waals surface area contributed by atoms with Crippen LogP contribution in [0, 0.1) is 0 Å². The average molecular weight is 395 g/mol. The summed E-state index contributed by atoms with van der Waals surface area (Å²) in [6.45, 7) is 0.606. The molecule has 2 aromatic heterocycles. The topological polar surface area (TPSA) is 84.0 Å². The molecule has 0 aliphatic carbocycles. The van der Waals surface area contributed by atoms with Crippen molar-refractivity contribution in [3.05, 3.63) is 65.7 Å². The van der Waals surface area contributed by atoms with Gasteiger partial charge in [0.25, 0.3) is 5.91 Å². The highest BCUT2D eigenvalue weighted by atomic mass is 32.1. The summed E-state index contributed by atoms with van der Waals surface area (Å²) in [5, 5.41) is 8.19. The van der Waals surface area contributed by atoms with Crippen LogP contribution in [0.1, 0.15) is 36.0 Å². The Bertz CT molecular complexity index is 897. The van der Waals surface area contributed by atoms with Gasteiger partial charge >= 0.3 is 0 Å². The van der Waals surface area contributed by atoms with Gasteiger partial charge in [-0.25, -0.2) is 4.98 Å². The van der Waals surface area contributed by atoms with Gasteiger partial charge in [0.15, 0.2) is 5.13 Å². The second-order valence-electron chi connectivity index (χ2n) is 6.23. The monoisotopic (exact) mass is 394 g/mol. The Morgan fingerprint density at radius 2 is 1.75 bits per heavy atom. The predicted molar refractivity (Wildman–Crippen MR) is 111 cm³/mol. The molecule has 0 bridgehead atoms. The lowest BCUT2D eigenvalue weighted by Crippen LogP contribution is -2.24. The van der Waals surface area contributed by atoms with Crippen LogP contribution < -0.4 is 10.6 Å². The van der Waals surface area contributed by atoms with Crippen LogP contribution in [0.15, 0.2) is 60.1 Å². The molecule has 0 unspecified atom stereocenters. The van der Waals surface area contributed by atoms with Crippen molar-refractivity contribution in [1.29, 1.82) is 0 Å². The van der Waals surface area contributed by atoms with Crippen molar-refractivity contribution in [3.8, 4) is 11.4 Å². The van der Waals surface area contributed by atoms with Crippen molar-refractivity contribution in [3.63, 3.8) is 0 Å². The molecule has 0 radical (unpaired) electrons. The van der Waals surface area contributed by atoms with Gasteiger partial charge in [-0.05, 0) is 37.1 Å². The van der Waals surface area contributed by atoms with E-state index in [9.17, 15) is 9.59 Å². The van der Waals surface area contributed by atoms with E-state index in [1.165, 1.54) is 11.3 Å². The van der Waals surface area contributed by atoms with E-state index >= 15 is 0 Å². The second-order valence-corrected chi connectivity index (χ2v) is 7.09. The minimum Gasteiger partial charge on any atom is -0.352 e. The maximum absolute atomic E-state index is 12.1. The molecule has 1 aromatic carbocycles. The molecule has 0 saturated heterocycles. The molecule has 3 rings (SSSR count). The largest absolute Gasteiger partial charge is 0.352 e. The van der Waals surface area contributed by atoms with Gasteiger partial charge in [-0.15, -0.1) is 11.3 Å². The number of carbonyl (C=O) groups excluding carboxylic acids is 2. The smallest absolute Gasteiger partial charge is 0.251 e. The number of thiazole rings is 1. The molecule has 0 spiro atoms. The van der Waals surface area contributed by atoms with E-state index in [1.807, 2.05) is 41.8 Å². The van der Waals surface area contributed by atoms with Gasteiger partial charge in [0.2, 0.25) is 5.91 Å². The molecule has 0 aliphatic rings. The quantitative estimate of drug-likeness (QED) is 0.535. The van der Waals surface area contributed by atoms with E-state index in [0.717, 1.165) is 30.7 Å². The number of rotatable bonds is 9. The van der Waals surface area contributed by atoms with Crippen molar-refractivity contribution < 1.29 is 9.59 Å². The Hall–Kier alpha value is -3.06. The van der Waals surface area contributed by atoms with Crippen LogP contribution in [0.3, 0.4) is 0 Å². The van der Waals surface area contributed by atoms with Crippen LogP contribution >= 0.6 is 11.3 Å². The number of aromatic nitrogens is 2. The Balaban J connectivity index is 1.31. The zero-order valence-corrected chi connectivity index (χ0v) is 16.2. The van der Waals surface area contributed by atoms with E-state index in [2.05, 4.69) is 20.6 Å². The first-order valence-corrected chi connectivity index (χ1v) is 10.1. The lowest BCUT2D eigenvalue weighted by atomic mass is 10.1. The first-order chi connectivity index (χ1) is 13.7. The fraction of sp³-hybridized carbons (Fsp3) is 0.238. The van der Waals surface area contributed by atoms with Gasteiger partial charge in [0.1, 0.15) is 5.69 Å². The maximum atomic E-state index is 12.1.